The predicted molar refractivity (Wildman–Crippen MR) is 67.7 cm³/mol. The minimum Gasteiger partial charge on any atom is -0.304 e. The molecule has 91 valence electrons. The first-order valence-corrected chi connectivity index (χ1v) is 5.86. The van der Waals surface area contributed by atoms with Crippen molar-refractivity contribution in [1.82, 2.24) is 4.90 Å². The molecule has 1 radical (unpaired) electrons. The maximum Gasteiger partial charge on any atom is 0.0110 e. The van der Waals surface area contributed by atoms with Crippen LogP contribution in [0.2, 0.25) is 0 Å². The zero-order valence-electron chi connectivity index (χ0n) is 10.8. The summed E-state index contributed by atoms with van der Waals surface area (Å²) in [7, 11) is 2.18. The van der Waals surface area contributed by atoms with Crippen LogP contribution in [-0.4, -0.2) is 25.0 Å². The second-order valence-corrected chi connectivity index (χ2v) is 3.95. The van der Waals surface area contributed by atoms with Crippen molar-refractivity contribution in [2.75, 3.05) is 20.1 Å². The molecular weight excluding hydrogens is 368 g/mol. The van der Waals surface area contributed by atoms with Gasteiger partial charge in [0.2, 0.25) is 0 Å². The summed E-state index contributed by atoms with van der Waals surface area (Å²) in [6.07, 6.45) is 10.1. The van der Waals surface area contributed by atoms with E-state index in [4.69, 9.17) is 0 Å². The molecule has 1 saturated heterocycles. The molecule has 0 bridgehead atoms. The largest absolute Gasteiger partial charge is 0.304 e. The molecule has 2 rings (SSSR count). The summed E-state index contributed by atoms with van der Waals surface area (Å²) in [6.45, 7) is 8.46. The Bertz CT molecular complexity index is 289. The Balaban J connectivity index is 0.000000711. The number of hydrogen-bond acceptors (Lipinski definition) is 1. The zero-order valence-corrected chi connectivity index (χ0v) is 13.5. The van der Waals surface area contributed by atoms with Crippen molar-refractivity contribution in [3.63, 3.8) is 0 Å². The van der Waals surface area contributed by atoms with Crippen LogP contribution in [0.5, 0.6) is 0 Å². The fourth-order valence-corrected chi connectivity index (χ4v) is 1.91. The fourth-order valence-electron chi connectivity index (χ4n) is 1.91. The molecule has 0 aromatic carbocycles. The number of rotatable bonds is 0. The van der Waals surface area contributed by atoms with Crippen LogP contribution < -0.4 is 0 Å². The van der Waals surface area contributed by atoms with E-state index in [-0.39, 0.29) is 20.4 Å². The van der Waals surface area contributed by atoms with Gasteiger partial charge in [-0.1, -0.05) is 32.8 Å². The molecule has 1 heterocycles. The van der Waals surface area contributed by atoms with Gasteiger partial charge in [0.15, 0.2) is 0 Å². The molecule has 0 unspecified atom stereocenters. The summed E-state index contributed by atoms with van der Waals surface area (Å²) in [5.74, 6) is 1.37. The smallest absolute Gasteiger partial charge is 0.0110 e. The van der Waals surface area contributed by atoms with Crippen LogP contribution in [0, 0.1) is 5.92 Å². The first-order chi connectivity index (χ1) is 7.25. The van der Waals surface area contributed by atoms with Crippen LogP contribution >= 0.6 is 0 Å². The van der Waals surface area contributed by atoms with E-state index in [9.17, 15) is 0 Å². The third-order valence-electron chi connectivity index (χ3n) is 2.67. The van der Waals surface area contributed by atoms with E-state index in [0.717, 1.165) is 6.54 Å². The minimum absolute atomic E-state index is 0. The van der Waals surface area contributed by atoms with Gasteiger partial charge in [-0.15, -0.1) is 11.6 Å². The summed E-state index contributed by atoms with van der Waals surface area (Å²) in [6, 6.07) is 0. The molecule has 0 saturated carbocycles. The average Bonchev–Trinajstić information content (AvgIpc) is 2.42. The fraction of sp³-hybridized carbons (Fsp3) is 0.500. The molecule has 1 nitrogen and oxygen atoms in total. The second kappa shape index (κ2) is 7.90. The van der Waals surface area contributed by atoms with Crippen LogP contribution in [0.4, 0.5) is 0 Å². The van der Waals surface area contributed by atoms with Crippen molar-refractivity contribution in [3.05, 3.63) is 41.4 Å². The molecule has 0 atom stereocenters. The minimum atomic E-state index is 0. The van der Waals surface area contributed by atoms with Gasteiger partial charge in [-0.3, -0.25) is 0 Å². The van der Waals surface area contributed by atoms with Crippen LogP contribution in [0.1, 0.15) is 27.2 Å². The third-order valence-corrected chi connectivity index (χ3v) is 2.67. The van der Waals surface area contributed by atoms with Gasteiger partial charge in [0.05, 0.1) is 0 Å². The quantitative estimate of drug-likeness (QED) is 0.574. The molecule has 1 aliphatic carbocycles. The first-order valence-electron chi connectivity index (χ1n) is 5.86. The van der Waals surface area contributed by atoms with Gasteiger partial charge in [0.25, 0.3) is 0 Å². The Kier molecular flexibility index (Phi) is 7.76. The summed E-state index contributed by atoms with van der Waals surface area (Å²) in [4.78, 5) is 2.37. The second-order valence-electron chi connectivity index (χ2n) is 3.95. The molecule has 0 spiro atoms. The Labute approximate surface area is 114 Å². The Morgan fingerprint density at radius 3 is 2.62 bits per heavy atom. The third kappa shape index (κ3) is 4.30. The van der Waals surface area contributed by atoms with E-state index < -0.39 is 0 Å². The monoisotopic (exact) mass is 391 g/mol. The van der Waals surface area contributed by atoms with E-state index in [1.54, 1.807) is 0 Å². The van der Waals surface area contributed by atoms with Gasteiger partial charge in [-0.05, 0) is 13.6 Å². The summed E-state index contributed by atoms with van der Waals surface area (Å²) in [5, 5.41) is 0. The Morgan fingerprint density at radius 2 is 1.94 bits per heavy atom. The molecule has 0 aromatic rings. The first kappa shape index (κ1) is 15.7. The van der Waals surface area contributed by atoms with Crippen molar-refractivity contribution < 1.29 is 20.4 Å². The zero-order chi connectivity index (χ0) is 11.3. The number of likely N-dealkylation sites (N-methyl/N-ethyl adjacent to an activating group) is 1. The predicted octanol–water partition coefficient (Wildman–Crippen LogP) is 3.36. The number of fused-ring (bicyclic) bond motifs is 1. The SMILES string of the molecule is CC.C[C-]1C=CC=C2CN(C)CCC2=C1.[Re]. The van der Waals surface area contributed by atoms with E-state index in [0.29, 0.717) is 0 Å². The summed E-state index contributed by atoms with van der Waals surface area (Å²) in [5.41, 5.74) is 3.02. The van der Waals surface area contributed by atoms with Crippen LogP contribution in [0.15, 0.2) is 35.5 Å². The van der Waals surface area contributed by atoms with Crippen molar-refractivity contribution >= 4 is 0 Å². The number of allylic oxidation sites excluding steroid dienone is 4. The van der Waals surface area contributed by atoms with Gasteiger partial charge in [-0.25, -0.2) is 0 Å². The molecule has 0 amide bonds. The summed E-state index contributed by atoms with van der Waals surface area (Å²) < 4.78 is 0. The number of likely N-dealkylation sites (tertiary alicyclic amines) is 1. The number of nitrogens with zero attached hydrogens (tertiary/aromatic N) is 1. The number of hydrogen-bond donors (Lipinski definition) is 0. The molecule has 1 aliphatic heterocycles. The van der Waals surface area contributed by atoms with Crippen LogP contribution in [0.3, 0.4) is 0 Å². The van der Waals surface area contributed by atoms with Crippen molar-refractivity contribution in [3.8, 4) is 0 Å². The molecule has 0 aromatic heterocycles. The van der Waals surface area contributed by atoms with Crippen molar-refractivity contribution in [2.45, 2.75) is 27.2 Å². The molecular formula is C14H22NRe-. The molecule has 2 heteroatoms. The maximum absolute atomic E-state index is 2.37. The normalized spacial score (nSPS) is 19.4. The van der Waals surface area contributed by atoms with E-state index in [2.05, 4.69) is 43.2 Å². The van der Waals surface area contributed by atoms with Crippen molar-refractivity contribution in [1.29, 1.82) is 0 Å². The molecule has 0 N–H and O–H groups in total. The van der Waals surface area contributed by atoms with E-state index in [1.165, 1.54) is 30.0 Å². The Morgan fingerprint density at radius 1 is 1.25 bits per heavy atom. The van der Waals surface area contributed by atoms with Crippen LogP contribution in [-0.2, 0) is 20.4 Å². The maximum atomic E-state index is 2.37. The average molecular weight is 391 g/mol. The summed E-state index contributed by atoms with van der Waals surface area (Å²) >= 11 is 0. The molecule has 2 aliphatic rings. The van der Waals surface area contributed by atoms with Gasteiger partial charge < -0.3 is 4.90 Å². The van der Waals surface area contributed by atoms with Crippen molar-refractivity contribution in [2.24, 2.45) is 0 Å². The van der Waals surface area contributed by atoms with Gasteiger partial charge in [0.1, 0.15) is 0 Å². The number of piperidine rings is 1. The van der Waals surface area contributed by atoms with Gasteiger partial charge in [-0.2, -0.15) is 24.1 Å². The van der Waals surface area contributed by atoms with Crippen LogP contribution in [0.25, 0.3) is 0 Å². The molecule has 1 fully saturated rings. The topological polar surface area (TPSA) is 3.24 Å². The van der Waals surface area contributed by atoms with Gasteiger partial charge >= 0.3 is 0 Å². The van der Waals surface area contributed by atoms with E-state index >= 15 is 0 Å². The van der Waals surface area contributed by atoms with Gasteiger partial charge in [0, 0.05) is 27.0 Å². The van der Waals surface area contributed by atoms with E-state index in [1.807, 2.05) is 13.8 Å². The molecule has 16 heavy (non-hydrogen) atoms. The standard InChI is InChI=1S/C12H16N.C2H6.Re/c1-10-4-3-5-12-9-13(2)7-6-11(12)8-10;1-2;/h3-5,8H,6-7,9H2,1-2H3;1-2H3;/q-1;;. The Hall–Kier alpha value is -0.288.